The van der Waals surface area contributed by atoms with Crippen LogP contribution >= 0.6 is 11.6 Å². The van der Waals surface area contributed by atoms with Gasteiger partial charge in [0.2, 0.25) is 0 Å². The standard InChI is InChI=1S/C16H17Cl/c1-13(12-14-8-4-2-5-9-14)16(17)15-10-6-3-7-11-15/h2-11,13,16H,12H2,1H3. The van der Waals surface area contributed by atoms with E-state index in [9.17, 15) is 0 Å². The summed E-state index contributed by atoms with van der Waals surface area (Å²) in [6.45, 7) is 2.21. The minimum atomic E-state index is 0.0800. The molecule has 88 valence electrons. The van der Waals surface area contributed by atoms with Crippen molar-refractivity contribution in [3.8, 4) is 0 Å². The minimum absolute atomic E-state index is 0.0800. The van der Waals surface area contributed by atoms with Crippen LogP contribution in [-0.4, -0.2) is 0 Å². The number of rotatable bonds is 4. The maximum Gasteiger partial charge on any atom is 0.0613 e. The average molecular weight is 245 g/mol. The predicted molar refractivity (Wildman–Crippen MR) is 74.3 cm³/mol. The lowest BCUT2D eigenvalue weighted by atomic mass is 9.94. The zero-order valence-corrected chi connectivity index (χ0v) is 10.8. The molecule has 2 aromatic rings. The van der Waals surface area contributed by atoms with Crippen LogP contribution < -0.4 is 0 Å². The lowest BCUT2D eigenvalue weighted by molar-refractivity contribution is 0.558. The van der Waals surface area contributed by atoms with Gasteiger partial charge in [-0.15, -0.1) is 11.6 Å². The molecule has 2 unspecified atom stereocenters. The summed E-state index contributed by atoms with van der Waals surface area (Å²) in [5, 5.41) is 0.0800. The van der Waals surface area contributed by atoms with Gasteiger partial charge in [0.1, 0.15) is 0 Å². The largest absolute Gasteiger partial charge is 0.118 e. The Morgan fingerprint density at radius 1 is 0.882 bits per heavy atom. The van der Waals surface area contributed by atoms with Crippen molar-refractivity contribution in [1.29, 1.82) is 0 Å². The van der Waals surface area contributed by atoms with Crippen molar-refractivity contribution >= 4 is 11.6 Å². The maximum absolute atomic E-state index is 6.51. The molecular weight excluding hydrogens is 228 g/mol. The molecule has 0 aliphatic heterocycles. The molecule has 0 bridgehead atoms. The van der Waals surface area contributed by atoms with Gasteiger partial charge in [-0.25, -0.2) is 0 Å². The van der Waals surface area contributed by atoms with Crippen LogP contribution in [0.25, 0.3) is 0 Å². The number of halogens is 1. The van der Waals surface area contributed by atoms with E-state index in [0.29, 0.717) is 5.92 Å². The van der Waals surface area contributed by atoms with E-state index in [0.717, 1.165) is 6.42 Å². The smallest absolute Gasteiger partial charge is 0.0613 e. The van der Waals surface area contributed by atoms with E-state index in [1.54, 1.807) is 0 Å². The molecule has 2 rings (SSSR count). The first-order chi connectivity index (χ1) is 8.27. The summed E-state index contributed by atoms with van der Waals surface area (Å²) in [7, 11) is 0. The van der Waals surface area contributed by atoms with E-state index >= 15 is 0 Å². The first-order valence-corrected chi connectivity index (χ1v) is 6.44. The molecule has 0 saturated heterocycles. The van der Waals surface area contributed by atoms with E-state index in [-0.39, 0.29) is 5.38 Å². The molecule has 0 nitrogen and oxygen atoms in total. The van der Waals surface area contributed by atoms with E-state index in [1.807, 2.05) is 24.3 Å². The molecule has 0 saturated carbocycles. The molecule has 0 amide bonds. The molecule has 0 heterocycles. The summed E-state index contributed by atoms with van der Waals surface area (Å²) in [5.74, 6) is 0.432. The highest BCUT2D eigenvalue weighted by Gasteiger charge is 2.16. The van der Waals surface area contributed by atoms with Crippen molar-refractivity contribution < 1.29 is 0 Å². The van der Waals surface area contributed by atoms with Gasteiger partial charge in [0, 0.05) is 0 Å². The van der Waals surface area contributed by atoms with Gasteiger partial charge in [0.05, 0.1) is 5.38 Å². The van der Waals surface area contributed by atoms with Crippen LogP contribution in [0.2, 0.25) is 0 Å². The van der Waals surface area contributed by atoms with Crippen molar-refractivity contribution in [2.75, 3.05) is 0 Å². The van der Waals surface area contributed by atoms with Gasteiger partial charge in [-0.1, -0.05) is 67.6 Å². The van der Waals surface area contributed by atoms with Crippen LogP contribution in [0.15, 0.2) is 60.7 Å². The third-order valence-electron chi connectivity index (χ3n) is 3.02. The number of hydrogen-bond donors (Lipinski definition) is 0. The summed E-state index contributed by atoms with van der Waals surface area (Å²) in [6.07, 6.45) is 1.02. The Bertz CT molecular complexity index is 436. The fourth-order valence-electron chi connectivity index (χ4n) is 2.05. The van der Waals surface area contributed by atoms with E-state index in [1.165, 1.54) is 11.1 Å². The summed E-state index contributed by atoms with van der Waals surface area (Å²) < 4.78 is 0. The van der Waals surface area contributed by atoms with E-state index in [4.69, 9.17) is 11.6 Å². The Morgan fingerprint density at radius 2 is 1.41 bits per heavy atom. The topological polar surface area (TPSA) is 0 Å². The highest BCUT2D eigenvalue weighted by atomic mass is 35.5. The van der Waals surface area contributed by atoms with Crippen molar-refractivity contribution in [1.82, 2.24) is 0 Å². The lowest BCUT2D eigenvalue weighted by Crippen LogP contribution is -2.07. The van der Waals surface area contributed by atoms with Crippen LogP contribution in [0.5, 0.6) is 0 Å². The fraction of sp³-hybridized carbons (Fsp3) is 0.250. The molecule has 1 heteroatoms. The summed E-state index contributed by atoms with van der Waals surface area (Å²) in [5.41, 5.74) is 2.55. The molecule has 0 spiro atoms. The Labute approximate surface area is 108 Å². The Morgan fingerprint density at radius 3 is 2.00 bits per heavy atom. The van der Waals surface area contributed by atoms with E-state index < -0.39 is 0 Å². The van der Waals surface area contributed by atoms with Crippen molar-refractivity contribution in [2.45, 2.75) is 18.7 Å². The van der Waals surface area contributed by atoms with Crippen LogP contribution in [0, 0.1) is 5.92 Å². The minimum Gasteiger partial charge on any atom is -0.118 e. The van der Waals surface area contributed by atoms with Gasteiger partial charge in [0.25, 0.3) is 0 Å². The summed E-state index contributed by atoms with van der Waals surface area (Å²) in [4.78, 5) is 0. The van der Waals surface area contributed by atoms with Crippen LogP contribution in [-0.2, 0) is 6.42 Å². The van der Waals surface area contributed by atoms with Gasteiger partial charge >= 0.3 is 0 Å². The molecule has 0 aliphatic carbocycles. The summed E-state index contributed by atoms with van der Waals surface area (Å²) in [6, 6.07) is 20.8. The lowest BCUT2D eigenvalue weighted by Gasteiger charge is -2.18. The quantitative estimate of drug-likeness (QED) is 0.675. The molecule has 2 aromatic carbocycles. The molecular formula is C16H17Cl. The number of hydrogen-bond acceptors (Lipinski definition) is 0. The molecule has 0 fully saturated rings. The number of alkyl halides is 1. The van der Waals surface area contributed by atoms with Crippen molar-refractivity contribution in [2.24, 2.45) is 5.92 Å². The SMILES string of the molecule is CC(Cc1ccccc1)C(Cl)c1ccccc1. The van der Waals surface area contributed by atoms with Gasteiger partial charge in [-0.05, 0) is 23.5 Å². The molecule has 0 aromatic heterocycles. The maximum atomic E-state index is 6.51. The van der Waals surface area contributed by atoms with Gasteiger partial charge in [0.15, 0.2) is 0 Å². The molecule has 0 N–H and O–H groups in total. The molecule has 17 heavy (non-hydrogen) atoms. The van der Waals surface area contributed by atoms with Gasteiger partial charge in [-0.2, -0.15) is 0 Å². The van der Waals surface area contributed by atoms with Crippen molar-refractivity contribution in [3.63, 3.8) is 0 Å². The van der Waals surface area contributed by atoms with Crippen LogP contribution in [0.3, 0.4) is 0 Å². The third-order valence-corrected chi connectivity index (χ3v) is 3.70. The second kappa shape index (κ2) is 5.88. The first-order valence-electron chi connectivity index (χ1n) is 6.00. The molecule has 0 aliphatic rings. The molecule has 2 atom stereocenters. The Hall–Kier alpha value is -1.27. The Kier molecular flexibility index (Phi) is 4.22. The second-order valence-electron chi connectivity index (χ2n) is 4.48. The van der Waals surface area contributed by atoms with E-state index in [2.05, 4.69) is 43.3 Å². The second-order valence-corrected chi connectivity index (χ2v) is 4.95. The van der Waals surface area contributed by atoms with Crippen LogP contribution in [0.4, 0.5) is 0 Å². The third kappa shape index (κ3) is 3.34. The van der Waals surface area contributed by atoms with Crippen LogP contribution in [0.1, 0.15) is 23.4 Å². The zero-order chi connectivity index (χ0) is 12.1. The summed E-state index contributed by atoms with van der Waals surface area (Å²) >= 11 is 6.51. The highest BCUT2D eigenvalue weighted by molar-refractivity contribution is 6.21. The fourth-order valence-corrected chi connectivity index (χ4v) is 2.29. The van der Waals surface area contributed by atoms with Crippen molar-refractivity contribution in [3.05, 3.63) is 71.8 Å². The predicted octanol–water partition coefficient (Wildman–Crippen LogP) is 4.85. The highest BCUT2D eigenvalue weighted by Crippen LogP contribution is 2.30. The first kappa shape index (κ1) is 12.2. The van der Waals surface area contributed by atoms with Gasteiger partial charge in [-0.3, -0.25) is 0 Å². The Balaban J connectivity index is 2.03. The molecule has 0 radical (unpaired) electrons. The monoisotopic (exact) mass is 244 g/mol. The average Bonchev–Trinajstić information content (AvgIpc) is 2.40. The normalized spacial score (nSPS) is 14.2. The van der Waals surface area contributed by atoms with Gasteiger partial charge < -0.3 is 0 Å². The number of benzene rings is 2. The zero-order valence-electron chi connectivity index (χ0n) is 10.0.